The monoisotopic (exact) mass is 780 g/mol. The first-order valence-corrected chi connectivity index (χ1v) is 21.5. The third-order valence-corrected chi connectivity index (χ3v) is 14.6. The number of nitrogens with zero attached hydrogens (tertiary/aromatic N) is 5. The lowest BCUT2D eigenvalue weighted by Crippen LogP contribution is -2.34. The molecule has 56 heavy (non-hydrogen) atoms. The Labute approximate surface area is 331 Å². The average molecular weight is 781 g/mol. The molecule has 1 unspecified atom stereocenters. The summed E-state index contributed by atoms with van der Waals surface area (Å²) in [5, 5.41) is 9.44. The zero-order valence-electron chi connectivity index (χ0n) is 34.4. The number of ether oxygens (including phenoxy) is 1. The number of benzene rings is 2. The number of morpholine rings is 1. The number of hydrogen-bond donors (Lipinski definition) is 1. The van der Waals surface area contributed by atoms with Gasteiger partial charge in [0, 0.05) is 60.6 Å². The fraction of sp³-hybridized carbons (Fsp3) is 0.432. The van der Waals surface area contributed by atoms with Crippen molar-refractivity contribution in [2.75, 3.05) is 44.1 Å². The Kier molecular flexibility index (Phi) is 11.7. The van der Waals surface area contributed by atoms with Crippen LogP contribution in [-0.2, 0) is 39.0 Å². The van der Waals surface area contributed by atoms with Crippen LogP contribution in [0.4, 0.5) is 11.5 Å². The third-order valence-electron chi connectivity index (χ3n) is 10.9. The highest BCUT2D eigenvalue weighted by Crippen LogP contribution is 2.55. The number of anilines is 2. The van der Waals surface area contributed by atoms with Crippen LogP contribution in [0.1, 0.15) is 63.9 Å². The van der Waals surface area contributed by atoms with Gasteiger partial charge in [-0.1, -0.05) is 65.8 Å². The van der Waals surface area contributed by atoms with E-state index in [1.165, 1.54) is 4.68 Å². The predicted molar refractivity (Wildman–Crippen MR) is 229 cm³/mol. The topological polar surface area (TPSA) is 121 Å². The van der Waals surface area contributed by atoms with Crippen LogP contribution < -0.4 is 16.4 Å². The second-order valence-corrected chi connectivity index (χ2v) is 21.0. The van der Waals surface area contributed by atoms with E-state index in [9.17, 15) is 14.4 Å². The smallest absolute Gasteiger partial charge is 0.279 e. The van der Waals surface area contributed by atoms with Crippen molar-refractivity contribution < 1.29 is 13.7 Å². The van der Waals surface area contributed by atoms with Crippen LogP contribution in [0.3, 0.4) is 0 Å². The fourth-order valence-electron chi connectivity index (χ4n) is 6.80. The summed E-state index contributed by atoms with van der Waals surface area (Å²) >= 11 is 0. The number of pyridine rings is 2. The third kappa shape index (κ3) is 8.62. The molecule has 1 fully saturated rings. The Morgan fingerprint density at radius 1 is 0.911 bits per heavy atom. The van der Waals surface area contributed by atoms with Gasteiger partial charge in [-0.2, -0.15) is 9.78 Å². The van der Waals surface area contributed by atoms with Gasteiger partial charge in [-0.3, -0.25) is 14.4 Å². The van der Waals surface area contributed by atoms with Gasteiger partial charge in [-0.25, -0.2) is 4.98 Å². The lowest BCUT2D eigenvalue weighted by Gasteiger charge is -2.46. The number of carbonyl (C=O) groups excluding carboxylic acids is 1. The molecule has 1 atom stereocenters. The molecule has 11 nitrogen and oxygen atoms in total. The Balaban J connectivity index is 0.000000592. The SMILES string of the molecule is Cc1ccc(Nc2cc3c(n(C)c2=O)CC(OS(C)(C)C(C)(C)C)Cc2c-3cccc2-n2ncc3cc(C(C)(C)C)ccc3c2=O)nc1.O=CN1CCOCC1. The van der Waals surface area contributed by atoms with Gasteiger partial charge in [0.2, 0.25) is 6.41 Å². The summed E-state index contributed by atoms with van der Waals surface area (Å²) in [6, 6.07) is 17.8. The van der Waals surface area contributed by atoms with E-state index in [-0.39, 0.29) is 27.4 Å². The summed E-state index contributed by atoms with van der Waals surface area (Å²) < 4.78 is 15.2. The first-order valence-electron chi connectivity index (χ1n) is 19.1. The molecule has 298 valence electrons. The molecule has 1 saturated heterocycles. The maximum Gasteiger partial charge on any atom is 0.279 e. The molecular weight excluding hydrogens is 725 g/mol. The Hall–Kier alpha value is -4.78. The van der Waals surface area contributed by atoms with Crippen LogP contribution in [0.25, 0.3) is 27.6 Å². The van der Waals surface area contributed by atoms with Crippen molar-refractivity contribution in [1.82, 2.24) is 24.2 Å². The van der Waals surface area contributed by atoms with Gasteiger partial charge in [-0.05, 0) is 77.4 Å². The van der Waals surface area contributed by atoms with Crippen molar-refractivity contribution in [2.45, 2.75) is 77.6 Å². The normalized spacial score (nSPS) is 16.2. The minimum absolute atomic E-state index is 0.0473. The molecule has 0 saturated carbocycles. The van der Waals surface area contributed by atoms with Crippen molar-refractivity contribution in [3.63, 3.8) is 0 Å². The van der Waals surface area contributed by atoms with E-state index in [0.29, 0.717) is 48.6 Å². The highest BCUT2D eigenvalue weighted by Gasteiger charge is 2.35. The molecule has 0 bridgehead atoms. The number of rotatable bonds is 6. The molecule has 2 aliphatic rings. The van der Waals surface area contributed by atoms with Crippen molar-refractivity contribution in [1.29, 1.82) is 0 Å². The molecule has 12 heteroatoms. The maximum atomic E-state index is 14.1. The molecule has 4 heterocycles. The van der Waals surface area contributed by atoms with E-state index < -0.39 is 10.3 Å². The summed E-state index contributed by atoms with van der Waals surface area (Å²) in [6.07, 6.45) is 9.69. The minimum Gasteiger partial charge on any atom is -0.378 e. The second kappa shape index (κ2) is 16.0. The van der Waals surface area contributed by atoms with Crippen LogP contribution in [0, 0.1) is 6.92 Å². The molecule has 0 radical (unpaired) electrons. The van der Waals surface area contributed by atoms with Gasteiger partial charge in [0.05, 0.1) is 36.6 Å². The Morgan fingerprint density at radius 3 is 2.27 bits per heavy atom. The van der Waals surface area contributed by atoms with E-state index in [2.05, 4.69) is 76.5 Å². The van der Waals surface area contributed by atoms with Gasteiger partial charge in [0.25, 0.3) is 11.1 Å². The molecule has 1 aliphatic heterocycles. The number of nitrogens with one attached hydrogen (secondary N) is 1. The van der Waals surface area contributed by atoms with Crippen LogP contribution in [-0.4, -0.2) is 80.3 Å². The predicted octanol–water partition coefficient (Wildman–Crippen LogP) is 7.23. The molecular formula is C44H56N6O5S. The minimum atomic E-state index is -1.52. The van der Waals surface area contributed by atoms with Crippen molar-refractivity contribution in [2.24, 2.45) is 7.05 Å². The Bertz CT molecular complexity index is 2350. The molecule has 1 N–H and O–H groups in total. The fourth-order valence-corrected chi connectivity index (χ4v) is 7.91. The molecule has 2 aromatic carbocycles. The van der Waals surface area contributed by atoms with Gasteiger partial charge >= 0.3 is 0 Å². The number of amides is 1. The Morgan fingerprint density at radius 2 is 1.64 bits per heavy atom. The maximum absolute atomic E-state index is 14.1. The van der Waals surface area contributed by atoms with Crippen LogP contribution >= 0.6 is 10.3 Å². The van der Waals surface area contributed by atoms with Gasteiger partial charge < -0.3 is 23.7 Å². The van der Waals surface area contributed by atoms with Gasteiger partial charge in [0.1, 0.15) is 11.5 Å². The number of aromatic nitrogens is 4. The molecule has 7 rings (SSSR count). The lowest BCUT2D eigenvalue weighted by atomic mass is 9.86. The number of carbonyl (C=O) groups is 1. The summed E-state index contributed by atoms with van der Waals surface area (Å²) in [5.74, 6) is 0.596. The molecule has 0 spiro atoms. The van der Waals surface area contributed by atoms with E-state index in [0.717, 1.165) is 58.4 Å². The summed E-state index contributed by atoms with van der Waals surface area (Å²) in [4.78, 5) is 44.2. The zero-order chi connectivity index (χ0) is 40.6. The van der Waals surface area contributed by atoms with Gasteiger partial charge in [-0.15, -0.1) is 10.3 Å². The van der Waals surface area contributed by atoms with E-state index in [4.69, 9.17) is 14.0 Å². The first-order chi connectivity index (χ1) is 26.4. The standard InChI is InChI=1S/C39H47N5O3S.C5H9NO2/c1-24-14-17-35(40-22-24)42-32-21-31-29-12-11-13-33(44-36(45)28-16-15-26(38(2,3)4)18-25(28)23-41-44)30(29)19-27(20-34(31)43(8)37(32)46)47-48(9,10)39(5,6)7;7-5-6-1-3-8-4-2-6/h11-18,21-23,27H,19-20H2,1-10H3,(H,40,42);5H,1-4H2. The lowest BCUT2D eigenvalue weighted by molar-refractivity contribution is -0.121. The van der Waals surface area contributed by atoms with Crippen molar-refractivity contribution in [3.8, 4) is 16.8 Å². The average Bonchev–Trinajstić information content (AvgIpc) is 3.30. The molecule has 3 aromatic heterocycles. The highest BCUT2D eigenvalue weighted by molar-refractivity contribution is 8.29. The summed E-state index contributed by atoms with van der Waals surface area (Å²) in [7, 11) is 0.306. The van der Waals surface area contributed by atoms with Crippen LogP contribution in [0.5, 0.6) is 0 Å². The second-order valence-electron chi connectivity index (χ2n) is 17.1. The van der Waals surface area contributed by atoms with Crippen LogP contribution in [0.2, 0.25) is 0 Å². The van der Waals surface area contributed by atoms with E-state index >= 15 is 0 Å². The zero-order valence-corrected chi connectivity index (χ0v) is 35.3. The van der Waals surface area contributed by atoms with Crippen molar-refractivity contribution in [3.05, 3.63) is 110 Å². The number of hydrogen-bond acceptors (Lipinski definition) is 8. The molecule has 5 aromatic rings. The summed E-state index contributed by atoms with van der Waals surface area (Å²) in [5.41, 5.74) is 6.70. The largest absolute Gasteiger partial charge is 0.378 e. The van der Waals surface area contributed by atoms with E-state index in [1.54, 1.807) is 21.9 Å². The summed E-state index contributed by atoms with van der Waals surface area (Å²) in [6.45, 7) is 18.0. The first kappa shape index (κ1) is 40.9. The van der Waals surface area contributed by atoms with Crippen LogP contribution in [0.15, 0.2) is 76.6 Å². The molecule has 1 amide bonds. The highest BCUT2D eigenvalue weighted by atomic mass is 32.3. The molecule has 1 aliphatic carbocycles. The number of aryl methyl sites for hydroxylation is 1. The quantitative estimate of drug-likeness (QED) is 0.179. The van der Waals surface area contributed by atoms with E-state index in [1.807, 2.05) is 56.4 Å². The van der Waals surface area contributed by atoms with Crippen molar-refractivity contribution >= 4 is 39.0 Å². The number of fused-ring (bicyclic) bond motifs is 4. The van der Waals surface area contributed by atoms with Gasteiger partial charge in [0.15, 0.2) is 0 Å².